The van der Waals surface area contributed by atoms with Gasteiger partial charge >= 0.3 is 5.97 Å². The minimum atomic E-state index is -0.0925. The summed E-state index contributed by atoms with van der Waals surface area (Å²) in [4.78, 5) is 14.0. The van der Waals surface area contributed by atoms with Crippen LogP contribution in [0.1, 0.15) is 38.9 Å². The van der Waals surface area contributed by atoms with Crippen LogP contribution < -0.4 is 0 Å². The number of nitrogens with zero attached hydrogens (tertiary/aromatic N) is 3. The molecule has 1 aromatic rings. The van der Waals surface area contributed by atoms with Gasteiger partial charge in [-0.3, -0.25) is 14.4 Å². The number of carbonyl (C=O) groups is 1. The number of aromatic nitrogens is 2. The van der Waals surface area contributed by atoms with Crippen molar-refractivity contribution in [3.05, 3.63) is 18.0 Å². The van der Waals surface area contributed by atoms with E-state index in [1.54, 1.807) is 0 Å². The Morgan fingerprint density at radius 3 is 2.95 bits per heavy atom. The van der Waals surface area contributed by atoms with E-state index >= 15 is 0 Å². The molecule has 3 unspecified atom stereocenters. The fraction of sp³-hybridized carbons (Fsp3) is 0.733. The van der Waals surface area contributed by atoms with Gasteiger partial charge in [0, 0.05) is 31.9 Å². The Labute approximate surface area is 120 Å². The highest BCUT2D eigenvalue weighted by Crippen LogP contribution is 2.25. The van der Waals surface area contributed by atoms with E-state index in [0.29, 0.717) is 12.0 Å². The van der Waals surface area contributed by atoms with Gasteiger partial charge < -0.3 is 4.74 Å². The first-order valence-electron chi connectivity index (χ1n) is 7.39. The predicted molar refractivity (Wildman–Crippen MR) is 77.2 cm³/mol. The molecule has 0 amide bonds. The van der Waals surface area contributed by atoms with Gasteiger partial charge in [-0.25, -0.2) is 0 Å². The second kappa shape index (κ2) is 6.39. The molecule has 1 aliphatic heterocycles. The van der Waals surface area contributed by atoms with Crippen LogP contribution in [0.15, 0.2) is 12.3 Å². The number of methoxy groups -OCH3 is 1. The molecular formula is C15H25N3O2. The molecule has 1 fully saturated rings. The van der Waals surface area contributed by atoms with Crippen LogP contribution >= 0.6 is 0 Å². The van der Waals surface area contributed by atoms with Crippen LogP contribution in [-0.4, -0.2) is 40.8 Å². The van der Waals surface area contributed by atoms with Crippen LogP contribution in [0.25, 0.3) is 0 Å². The molecule has 0 aliphatic carbocycles. The molecule has 1 saturated heterocycles. The second-order valence-corrected chi connectivity index (χ2v) is 5.85. The molecule has 0 N–H and O–H groups in total. The maximum Gasteiger partial charge on any atom is 0.310 e. The molecule has 0 radical (unpaired) electrons. The zero-order chi connectivity index (χ0) is 14.7. The van der Waals surface area contributed by atoms with Crippen molar-refractivity contribution in [2.75, 3.05) is 20.2 Å². The van der Waals surface area contributed by atoms with Gasteiger partial charge in [-0.05, 0) is 25.3 Å². The largest absolute Gasteiger partial charge is 0.469 e. The summed E-state index contributed by atoms with van der Waals surface area (Å²) < 4.78 is 6.89. The molecule has 3 atom stereocenters. The average molecular weight is 279 g/mol. The summed E-state index contributed by atoms with van der Waals surface area (Å²) in [7, 11) is 1.46. The van der Waals surface area contributed by atoms with E-state index in [1.807, 2.05) is 10.9 Å². The van der Waals surface area contributed by atoms with E-state index in [4.69, 9.17) is 4.74 Å². The van der Waals surface area contributed by atoms with Gasteiger partial charge in [0.15, 0.2) is 0 Å². The fourth-order valence-corrected chi connectivity index (χ4v) is 2.78. The number of esters is 1. The molecule has 2 heterocycles. The average Bonchev–Trinajstić information content (AvgIpc) is 3.04. The molecule has 5 heteroatoms. The topological polar surface area (TPSA) is 47.4 Å². The third kappa shape index (κ3) is 3.20. The Hall–Kier alpha value is -1.36. The lowest BCUT2D eigenvalue weighted by Gasteiger charge is -2.14. The van der Waals surface area contributed by atoms with Gasteiger partial charge in [0.25, 0.3) is 0 Å². The van der Waals surface area contributed by atoms with Gasteiger partial charge in [-0.2, -0.15) is 5.10 Å². The van der Waals surface area contributed by atoms with Crippen LogP contribution in [0.4, 0.5) is 0 Å². The normalized spacial score (nSPS) is 24.8. The monoisotopic (exact) mass is 279 g/mol. The Bertz CT molecular complexity index is 458. The summed E-state index contributed by atoms with van der Waals surface area (Å²) in [6, 6.07) is 2.51. The highest BCUT2D eigenvalue weighted by molar-refractivity contribution is 5.73. The van der Waals surface area contributed by atoms with E-state index in [0.717, 1.165) is 31.7 Å². The smallest absolute Gasteiger partial charge is 0.310 e. The molecule has 2 rings (SSSR count). The molecule has 1 aliphatic rings. The van der Waals surface area contributed by atoms with Gasteiger partial charge in [-0.1, -0.05) is 13.8 Å². The molecule has 0 aromatic carbocycles. The first-order chi connectivity index (χ1) is 9.55. The van der Waals surface area contributed by atoms with Crippen molar-refractivity contribution in [1.29, 1.82) is 0 Å². The van der Waals surface area contributed by atoms with Crippen molar-refractivity contribution < 1.29 is 9.53 Å². The summed E-state index contributed by atoms with van der Waals surface area (Å²) in [5.41, 5.74) is 1.07. The summed E-state index contributed by atoms with van der Waals surface area (Å²) >= 11 is 0. The Balaban J connectivity index is 1.94. The van der Waals surface area contributed by atoms with Gasteiger partial charge in [0.2, 0.25) is 0 Å². The predicted octanol–water partition coefficient (Wildman–Crippen LogP) is 2.09. The Kier molecular flexibility index (Phi) is 4.81. The first kappa shape index (κ1) is 15.0. The standard InChI is InChI=1S/C15H25N3O2/c1-5-12(3)18-7-6-13(16-18)9-17-8-11(2)14(10-17)15(19)20-4/h6-7,11-12,14H,5,8-10H2,1-4H3. The maximum absolute atomic E-state index is 11.7. The summed E-state index contributed by atoms with van der Waals surface area (Å²) in [6.45, 7) is 8.94. The van der Waals surface area contributed by atoms with Crippen LogP contribution in [-0.2, 0) is 16.1 Å². The highest BCUT2D eigenvalue weighted by atomic mass is 16.5. The number of rotatable bonds is 5. The van der Waals surface area contributed by atoms with Crippen molar-refractivity contribution >= 4 is 5.97 Å². The van der Waals surface area contributed by atoms with E-state index in [1.165, 1.54) is 7.11 Å². The highest BCUT2D eigenvalue weighted by Gasteiger charge is 2.35. The number of hydrogen-bond donors (Lipinski definition) is 0. The Morgan fingerprint density at radius 2 is 2.30 bits per heavy atom. The van der Waals surface area contributed by atoms with Crippen molar-refractivity contribution in [1.82, 2.24) is 14.7 Å². The number of hydrogen-bond acceptors (Lipinski definition) is 4. The molecule has 0 saturated carbocycles. The summed E-state index contributed by atoms with van der Waals surface area (Å²) in [6.07, 6.45) is 3.12. The van der Waals surface area contributed by atoms with Gasteiger partial charge in [0.05, 0.1) is 18.7 Å². The Morgan fingerprint density at radius 1 is 1.55 bits per heavy atom. The molecule has 0 spiro atoms. The van der Waals surface area contributed by atoms with Crippen molar-refractivity contribution in [3.8, 4) is 0 Å². The number of likely N-dealkylation sites (tertiary alicyclic amines) is 1. The molecular weight excluding hydrogens is 254 g/mol. The number of carbonyl (C=O) groups excluding carboxylic acids is 1. The number of ether oxygens (including phenoxy) is 1. The van der Waals surface area contributed by atoms with Crippen molar-refractivity contribution in [3.63, 3.8) is 0 Å². The zero-order valence-electron chi connectivity index (χ0n) is 12.9. The third-order valence-corrected chi connectivity index (χ3v) is 4.28. The molecule has 5 nitrogen and oxygen atoms in total. The SMILES string of the molecule is CCC(C)n1ccc(CN2CC(C)C(C(=O)OC)C2)n1. The second-order valence-electron chi connectivity index (χ2n) is 5.85. The van der Waals surface area contributed by atoms with E-state index in [-0.39, 0.29) is 11.9 Å². The maximum atomic E-state index is 11.7. The lowest BCUT2D eigenvalue weighted by Crippen LogP contribution is -2.24. The first-order valence-corrected chi connectivity index (χ1v) is 7.39. The third-order valence-electron chi connectivity index (χ3n) is 4.28. The van der Waals surface area contributed by atoms with Crippen LogP contribution in [0, 0.1) is 11.8 Å². The summed E-state index contributed by atoms with van der Waals surface area (Å²) in [5.74, 6) is 0.251. The van der Waals surface area contributed by atoms with E-state index in [9.17, 15) is 4.79 Å². The fourth-order valence-electron chi connectivity index (χ4n) is 2.78. The van der Waals surface area contributed by atoms with E-state index in [2.05, 4.69) is 36.8 Å². The molecule has 20 heavy (non-hydrogen) atoms. The van der Waals surface area contributed by atoms with Crippen molar-refractivity contribution in [2.24, 2.45) is 11.8 Å². The van der Waals surface area contributed by atoms with Crippen LogP contribution in [0.5, 0.6) is 0 Å². The van der Waals surface area contributed by atoms with Crippen LogP contribution in [0.3, 0.4) is 0 Å². The zero-order valence-corrected chi connectivity index (χ0v) is 12.9. The lowest BCUT2D eigenvalue weighted by atomic mass is 9.99. The minimum Gasteiger partial charge on any atom is -0.469 e. The molecule has 112 valence electrons. The molecule has 1 aromatic heterocycles. The quantitative estimate of drug-likeness (QED) is 0.774. The van der Waals surface area contributed by atoms with Gasteiger partial charge in [0.1, 0.15) is 0 Å². The van der Waals surface area contributed by atoms with Crippen molar-refractivity contribution in [2.45, 2.75) is 39.8 Å². The lowest BCUT2D eigenvalue weighted by molar-refractivity contribution is -0.146. The summed E-state index contributed by atoms with van der Waals surface area (Å²) in [5, 5.41) is 4.62. The minimum absolute atomic E-state index is 0.00310. The molecule has 0 bridgehead atoms. The van der Waals surface area contributed by atoms with E-state index < -0.39 is 0 Å². The van der Waals surface area contributed by atoms with Gasteiger partial charge in [-0.15, -0.1) is 0 Å². The van der Waals surface area contributed by atoms with Crippen LogP contribution in [0.2, 0.25) is 0 Å².